The quantitative estimate of drug-likeness (QED) is 0.0165. The van der Waals surface area contributed by atoms with Crippen LogP contribution in [0.15, 0.2) is 48.5 Å². The Hall–Kier alpha value is -10.4. The van der Waals surface area contributed by atoms with Gasteiger partial charge in [0.1, 0.15) is 22.7 Å². The van der Waals surface area contributed by atoms with Crippen molar-refractivity contribution in [3.63, 3.8) is 0 Å². The van der Waals surface area contributed by atoms with Gasteiger partial charge in [0.15, 0.2) is 24.8 Å². The van der Waals surface area contributed by atoms with Gasteiger partial charge in [-0.05, 0) is 37.1 Å². The SMILES string of the molecule is NCC(=[NH2+])CCC[NH+]=C(N)NN.NCC(CCC[NH+]=C(NN)NN)=[NH+]N.NNC(N)=[NH+]C[NH+]=C(N)NN.NNC(N)=[NH+]c1cccc([NH+]=C(N)NN)c1.NNC(NN)=[NH+]C[NH+]=C(NN)NN.NNC(NN)=[NH+]c1cccc([NH+]=C(NN)NN)c1. The second kappa shape index (κ2) is 55.9. The average molecular weight is 1210 g/mol. The van der Waals surface area contributed by atoms with Gasteiger partial charge in [0.2, 0.25) is 0 Å². The summed E-state index contributed by atoms with van der Waals surface area (Å²) in [5.41, 5.74) is 76.7. The Labute approximate surface area is 482 Å². The lowest BCUT2D eigenvalue weighted by molar-refractivity contribution is -0.683. The van der Waals surface area contributed by atoms with Crippen LogP contribution in [-0.4, -0.2) is 111 Å². The number of hydrazine groups is 16. The zero-order chi connectivity index (χ0) is 64.4. The normalized spacial score (nSPS) is 10.7. The molecule has 0 aliphatic heterocycles. The molecule has 50 heteroatoms. The van der Waals surface area contributed by atoms with Crippen molar-refractivity contribution in [1.82, 2.24) is 81.4 Å². The van der Waals surface area contributed by atoms with Gasteiger partial charge in [-0.1, -0.05) is 12.1 Å². The Morgan fingerprint density at radius 2 is 0.667 bits per heavy atom. The topological polar surface area (TPSA) is 958 Å². The lowest BCUT2D eigenvalue weighted by Crippen LogP contribution is -2.98. The highest BCUT2D eigenvalue weighted by molar-refractivity contribution is 5.81. The first kappa shape index (κ1) is 80.1. The highest BCUT2D eigenvalue weighted by Crippen LogP contribution is 2.04. The van der Waals surface area contributed by atoms with Gasteiger partial charge in [-0.15, -0.1) is 5.10 Å². The van der Waals surface area contributed by atoms with Crippen LogP contribution in [0.3, 0.4) is 0 Å². The second-order valence-electron chi connectivity index (χ2n) is 14.7. The van der Waals surface area contributed by atoms with Crippen LogP contribution in [0.1, 0.15) is 25.7 Å². The van der Waals surface area contributed by atoms with Crippen LogP contribution in [0, 0.1) is 0 Å². The fourth-order valence-electron chi connectivity index (χ4n) is 4.68. The molecule has 50 nitrogen and oxygen atoms in total. The minimum absolute atomic E-state index is 0.238. The van der Waals surface area contributed by atoms with Crippen LogP contribution in [0.5, 0.6) is 0 Å². The third-order valence-electron chi connectivity index (χ3n) is 8.79. The Morgan fingerprint density at radius 3 is 0.988 bits per heavy atom. The molecule has 0 saturated heterocycles. The zero-order valence-electron chi connectivity index (χ0n) is 46.5. The summed E-state index contributed by atoms with van der Waals surface area (Å²) in [4.78, 5) is 28.1. The molecule has 0 spiro atoms. The summed E-state index contributed by atoms with van der Waals surface area (Å²) in [7, 11) is 0. The summed E-state index contributed by atoms with van der Waals surface area (Å²) >= 11 is 0. The van der Waals surface area contributed by atoms with E-state index < -0.39 is 0 Å². The van der Waals surface area contributed by atoms with Crippen molar-refractivity contribution >= 4 is 93.8 Å². The van der Waals surface area contributed by atoms with Gasteiger partial charge in [-0.3, -0.25) is 44.1 Å². The van der Waals surface area contributed by atoms with E-state index in [4.69, 9.17) is 139 Å². The van der Waals surface area contributed by atoms with E-state index in [1.807, 2.05) is 36.4 Å². The summed E-state index contributed by atoms with van der Waals surface area (Å²) in [6, 6.07) is 14.5. The Morgan fingerprint density at radius 1 is 0.357 bits per heavy atom. The first-order valence-corrected chi connectivity index (χ1v) is 23.8. The number of hydrogen-bond donors (Lipinski definition) is 50. The molecule has 0 aliphatic rings. The van der Waals surface area contributed by atoms with E-state index in [0.29, 0.717) is 62.2 Å². The van der Waals surface area contributed by atoms with Crippen LogP contribution in [-0.2, 0) is 0 Å². The van der Waals surface area contributed by atoms with E-state index in [-0.39, 0.29) is 23.8 Å². The largest absolute Gasteiger partial charge is 0.382 e. The van der Waals surface area contributed by atoms with Crippen molar-refractivity contribution in [1.29, 1.82) is 0 Å². The molecule has 0 fully saturated rings. The molecule has 2 aromatic rings. The average Bonchev–Trinajstić information content (AvgIpc) is 3.55. The number of nitrogens with one attached hydrogen (secondary N) is 26. The lowest BCUT2D eigenvalue weighted by Gasteiger charge is -1.99. The summed E-state index contributed by atoms with van der Waals surface area (Å²) in [5, 5.41) is 8.05. The zero-order valence-corrected chi connectivity index (χ0v) is 46.5. The van der Waals surface area contributed by atoms with Crippen molar-refractivity contribution in [3.05, 3.63) is 48.5 Å². The maximum absolute atomic E-state index is 5.51. The van der Waals surface area contributed by atoms with Crippen molar-refractivity contribution in [2.45, 2.75) is 25.7 Å². The van der Waals surface area contributed by atoms with Crippen LogP contribution in [0.2, 0.25) is 0 Å². The molecule has 2 aromatic carbocycles. The Balaban J connectivity index is -0.000000461. The van der Waals surface area contributed by atoms with Gasteiger partial charge in [-0.2, -0.15) is 87.6 Å². The lowest BCUT2D eigenvalue weighted by atomic mass is 10.2. The van der Waals surface area contributed by atoms with Gasteiger partial charge in [0.25, 0.3) is 0 Å². The molecular formula is C34H102N50+12. The smallest absolute Gasteiger partial charge is 0.322 e. The fourth-order valence-corrected chi connectivity index (χ4v) is 4.68. The van der Waals surface area contributed by atoms with Crippen molar-refractivity contribution < 1.29 is 60.4 Å². The molecule has 0 unspecified atom stereocenters. The summed E-state index contributed by atoms with van der Waals surface area (Å²) in [6.45, 7) is 2.97. The molecular weight excluding hydrogens is 1110 g/mol. The van der Waals surface area contributed by atoms with Gasteiger partial charge < -0.3 is 11.5 Å². The molecule has 0 heterocycles. The predicted molar refractivity (Wildman–Crippen MR) is 315 cm³/mol. The highest BCUT2D eigenvalue weighted by atomic mass is 15.5. The van der Waals surface area contributed by atoms with E-state index in [2.05, 4.69) is 136 Å². The molecule has 84 heavy (non-hydrogen) atoms. The van der Waals surface area contributed by atoms with E-state index in [1.165, 1.54) is 0 Å². The second-order valence-corrected chi connectivity index (χ2v) is 14.7. The molecule has 0 amide bonds. The fraction of sp³-hybridized carbons (Fsp3) is 0.294. The molecule has 74 N–H and O–H groups in total. The maximum atomic E-state index is 5.51. The Kier molecular flexibility index (Phi) is 53.3. The molecule has 0 aromatic heterocycles. The van der Waals surface area contributed by atoms with E-state index in [9.17, 15) is 0 Å². The summed E-state index contributed by atoms with van der Waals surface area (Å²) in [6.07, 6.45) is 3.39. The molecule has 0 radical (unpaired) electrons. The van der Waals surface area contributed by atoms with Gasteiger partial charge in [-0.25, -0.2) is 127 Å². The highest BCUT2D eigenvalue weighted by Gasteiger charge is 2.07. The number of hydrogen-bond acceptors (Lipinski definition) is 18. The van der Waals surface area contributed by atoms with Gasteiger partial charge >= 0.3 is 59.6 Å². The van der Waals surface area contributed by atoms with Crippen molar-refractivity contribution in [2.24, 2.45) is 134 Å². The summed E-state index contributed by atoms with van der Waals surface area (Å²) < 4.78 is 0. The maximum Gasteiger partial charge on any atom is 0.382 e. The van der Waals surface area contributed by atoms with Crippen LogP contribution < -0.4 is 275 Å². The van der Waals surface area contributed by atoms with Crippen molar-refractivity contribution in [2.75, 3.05) is 39.5 Å². The minimum atomic E-state index is 0.238. The van der Waals surface area contributed by atoms with E-state index in [1.54, 1.807) is 12.1 Å². The molecule has 0 saturated carbocycles. The number of benzene rings is 2. The van der Waals surface area contributed by atoms with Crippen LogP contribution in [0.4, 0.5) is 22.7 Å². The van der Waals surface area contributed by atoms with Gasteiger partial charge in [0.05, 0.1) is 26.2 Å². The van der Waals surface area contributed by atoms with Crippen LogP contribution in [0.25, 0.3) is 0 Å². The summed E-state index contributed by atoms with van der Waals surface area (Å²) in [5.74, 6) is 85.0. The number of rotatable bonds is 18. The monoisotopic (exact) mass is 1210 g/mol. The first-order valence-electron chi connectivity index (χ1n) is 23.8. The number of guanidine groups is 10. The number of hydrazone groups is 1. The number of nitrogens with two attached hydrogens (primary N) is 24. The van der Waals surface area contributed by atoms with E-state index >= 15 is 0 Å². The molecule has 0 bridgehead atoms. The molecule has 0 aliphatic carbocycles. The first-order chi connectivity index (χ1) is 40.3. The Bertz CT molecular complexity index is 2230. The third-order valence-corrected chi connectivity index (χ3v) is 8.79. The predicted octanol–water partition coefficient (Wildman–Crippen LogP) is -39.1. The molecule has 2 rings (SSSR count). The minimum Gasteiger partial charge on any atom is -0.322 e. The molecule has 0 atom stereocenters. The van der Waals surface area contributed by atoms with Gasteiger partial charge in [0, 0.05) is 25.0 Å². The van der Waals surface area contributed by atoms with Crippen LogP contribution >= 0.6 is 0 Å². The molecule has 476 valence electrons. The van der Waals surface area contributed by atoms with Crippen molar-refractivity contribution in [3.8, 4) is 0 Å². The standard InChI is InChI=1S/C8H16N10.C8H14N8.C6H18N8.C6H16N6.C3H14N10.C3H12N8/c9-15-7(16-10)13-5-2-1-3-6(4-5)14-8(17-11)18-12;9-7(15-11)13-5-2-1-3-6(4-5)14-8(10)16-12;7-4-5(12-8)2-1-3-11-6(13-9)14-10;7-4-5(8)2-1-3-11-6(9)12-10;4-10-2(11-5)8-1-9-3(12-6)13-7;4-2(10-6)8-1-9-3(5)11-7/h1-4H,9-12H2,(H2,13,15,16)(H2,14,17,18);1-4H,11-12H2,(H3,9,13,15)(H3,10,14,16);1-4,7-10H2,(H2,11,13,14);8H,1-4,7,10H2,(H3,9,11,12);1,4-7H2,(H2,8,10,11)(H2,9,12,13);1,6-7H2,(H3,4,8,10)(H3,5,9,11)/p+12. The third kappa shape index (κ3) is 46.5. The van der Waals surface area contributed by atoms with E-state index in [0.717, 1.165) is 72.9 Å².